The zero-order chi connectivity index (χ0) is 17.2. The third kappa shape index (κ3) is 2.11. The standard InChI is InChI=1S/C23H33NO/c1-22-11-8-17(25)13-16(22)4-5-18-20(22)9-12-23-10-2-3-15(14-24)19(23)6-7-21(18)23/h3,16-21,25H,2,4-13H2,1H3/t16-,17+,18+,19+,20-,21-,22-,23?/m0/s1. The van der Waals surface area contributed by atoms with Crippen LogP contribution >= 0.6 is 0 Å². The topological polar surface area (TPSA) is 44.0 Å². The molecule has 4 fully saturated rings. The quantitative estimate of drug-likeness (QED) is 0.656. The van der Waals surface area contributed by atoms with Crippen molar-refractivity contribution in [3.8, 4) is 6.07 Å². The molecule has 0 aromatic carbocycles. The van der Waals surface area contributed by atoms with Crippen molar-refractivity contribution in [2.24, 2.45) is 40.4 Å². The van der Waals surface area contributed by atoms with Gasteiger partial charge in [-0.1, -0.05) is 13.0 Å². The second-order valence-corrected chi connectivity index (χ2v) is 10.3. The maximum absolute atomic E-state index is 10.2. The summed E-state index contributed by atoms with van der Waals surface area (Å²) < 4.78 is 0. The molecule has 0 bridgehead atoms. The Morgan fingerprint density at radius 3 is 2.76 bits per heavy atom. The van der Waals surface area contributed by atoms with Crippen LogP contribution in [0.1, 0.15) is 77.6 Å². The van der Waals surface area contributed by atoms with Crippen molar-refractivity contribution in [1.82, 2.24) is 0 Å². The van der Waals surface area contributed by atoms with Crippen LogP contribution in [0.3, 0.4) is 0 Å². The molecule has 0 aromatic rings. The predicted octanol–water partition coefficient (Wildman–Crippen LogP) is 5.23. The minimum absolute atomic E-state index is 0.0397. The summed E-state index contributed by atoms with van der Waals surface area (Å²) in [5.74, 6) is 3.98. The molecule has 0 radical (unpaired) electrons. The van der Waals surface area contributed by atoms with Gasteiger partial charge in [0, 0.05) is 5.57 Å². The number of aliphatic hydroxyl groups excluding tert-OH is 1. The van der Waals surface area contributed by atoms with Crippen molar-refractivity contribution >= 4 is 0 Å². The second kappa shape index (κ2) is 5.59. The minimum Gasteiger partial charge on any atom is -0.393 e. The predicted molar refractivity (Wildman–Crippen MR) is 98.5 cm³/mol. The Labute approximate surface area is 152 Å². The number of aliphatic hydroxyl groups is 1. The fraction of sp³-hybridized carbons (Fsp3) is 0.870. The van der Waals surface area contributed by atoms with Crippen LogP contribution in [-0.4, -0.2) is 11.2 Å². The van der Waals surface area contributed by atoms with Gasteiger partial charge in [-0.05, 0) is 111 Å². The van der Waals surface area contributed by atoms with Gasteiger partial charge in [-0.3, -0.25) is 0 Å². The lowest BCUT2D eigenvalue weighted by atomic mass is 9.43. The Hall–Kier alpha value is -0.810. The van der Waals surface area contributed by atoms with Gasteiger partial charge in [-0.15, -0.1) is 0 Å². The molecule has 2 heteroatoms. The minimum atomic E-state index is -0.0397. The molecule has 5 rings (SSSR count). The number of rotatable bonds is 0. The molecule has 0 heterocycles. The third-order valence-electron chi connectivity index (χ3n) is 9.83. The van der Waals surface area contributed by atoms with Crippen LogP contribution in [0, 0.1) is 51.8 Å². The molecule has 2 nitrogen and oxygen atoms in total. The van der Waals surface area contributed by atoms with Gasteiger partial charge in [0.05, 0.1) is 12.2 Å². The van der Waals surface area contributed by atoms with Crippen molar-refractivity contribution in [3.63, 3.8) is 0 Å². The number of hydrogen-bond donors (Lipinski definition) is 1. The van der Waals surface area contributed by atoms with E-state index < -0.39 is 0 Å². The van der Waals surface area contributed by atoms with E-state index in [2.05, 4.69) is 19.1 Å². The zero-order valence-corrected chi connectivity index (χ0v) is 15.7. The molecule has 136 valence electrons. The van der Waals surface area contributed by atoms with E-state index in [1.54, 1.807) is 0 Å². The van der Waals surface area contributed by atoms with Gasteiger partial charge in [0.25, 0.3) is 0 Å². The lowest BCUT2D eigenvalue weighted by molar-refractivity contribution is -0.130. The first-order valence-electron chi connectivity index (χ1n) is 10.9. The summed E-state index contributed by atoms with van der Waals surface area (Å²) in [7, 11) is 0. The highest BCUT2D eigenvalue weighted by Gasteiger charge is 2.62. The van der Waals surface area contributed by atoms with Gasteiger partial charge >= 0.3 is 0 Å². The lowest BCUT2D eigenvalue weighted by Crippen LogP contribution is -2.54. The Bertz CT molecular complexity index is 632. The van der Waals surface area contributed by atoms with E-state index in [0.29, 0.717) is 16.7 Å². The van der Waals surface area contributed by atoms with Crippen LogP contribution in [0.2, 0.25) is 0 Å². The molecule has 4 saturated carbocycles. The summed E-state index contributed by atoms with van der Waals surface area (Å²) in [4.78, 5) is 0. The normalized spacial score (nSPS) is 54.4. The van der Waals surface area contributed by atoms with Crippen LogP contribution in [-0.2, 0) is 0 Å². The van der Waals surface area contributed by atoms with Crippen LogP contribution in [0.5, 0.6) is 0 Å². The van der Waals surface area contributed by atoms with Gasteiger partial charge in [0.1, 0.15) is 0 Å². The molecule has 25 heavy (non-hydrogen) atoms. The average Bonchev–Trinajstić information content (AvgIpc) is 3.02. The smallest absolute Gasteiger partial charge is 0.0946 e. The second-order valence-electron chi connectivity index (χ2n) is 10.3. The summed E-state index contributed by atoms with van der Waals surface area (Å²) in [6.45, 7) is 2.58. The molecular weight excluding hydrogens is 306 g/mol. The van der Waals surface area contributed by atoms with Crippen molar-refractivity contribution < 1.29 is 5.11 Å². The van der Waals surface area contributed by atoms with Gasteiger partial charge in [0.2, 0.25) is 0 Å². The maximum atomic E-state index is 10.2. The van der Waals surface area contributed by atoms with Crippen LogP contribution in [0.15, 0.2) is 11.6 Å². The molecule has 0 aromatic heterocycles. The van der Waals surface area contributed by atoms with Crippen LogP contribution < -0.4 is 0 Å². The van der Waals surface area contributed by atoms with Crippen molar-refractivity contribution in [3.05, 3.63) is 11.6 Å². The number of hydrogen-bond acceptors (Lipinski definition) is 2. The SMILES string of the molecule is C[C@]12CC[C@@H](O)C[C@@H]1CC[C@H]1[C@@H]3CC[C@@H]4C(C#N)=CCCC43CC[C@@H]12. The zero-order valence-electron chi connectivity index (χ0n) is 15.7. The van der Waals surface area contributed by atoms with E-state index in [9.17, 15) is 10.4 Å². The summed E-state index contributed by atoms with van der Waals surface area (Å²) >= 11 is 0. The Morgan fingerprint density at radius 1 is 1.04 bits per heavy atom. The summed E-state index contributed by atoms with van der Waals surface area (Å²) in [5.41, 5.74) is 2.08. The van der Waals surface area contributed by atoms with Gasteiger partial charge in [-0.25, -0.2) is 0 Å². The van der Waals surface area contributed by atoms with Crippen molar-refractivity contribution in [1.29, 1.82) is 5.26 Å². The van der Waals surface area contributed by atoms with E-state index in [0.717, 1.165) is 48.5 Å². The molecule has 1 N–H and O–H groups in total. The number of nitrogens with zero attached hydrogens (tertiary/aromatic N) is 1. The first-order valence-corrected chi connectivity index (χ1v) is 10.9. The first kappa shape index (κ1) is 16.4. The van der Waals surface area contributed by atoms with E-state index in [1.165, 1.54) is 51.4 Å². The summed E-state index contributed by atoms with van der Waals surface area (Å²) in [5, 5.41) is 19.8. The van der Waals surface area contributed by atoms with Crippen LogP contribution in [0.4, 0.5) is 0 Å². The maximum Gasteiger partial charge on any atom is 0.0946 e. The molecule has 1 spiro atoms. The highest BCUT2D eigenvalue weighted by molar-refractivity contribution is 5.32. The van der Waals surface area contributed by atoms with E-state index in [-0.39, 0.29) is 6.10 Å². The molecule has 8 atom stereocenters. The third-order valence-corrected chi connectivity index (χ3v) is 9.83. The number of nitriles is 1. The Kier molecular flexibility index (Phi) is 3.66. The number of allylic oxidation sites excluding steroid dienone is 2. The first-order chi connectivity index (χ1) is 12.1. The van der Waals surface area contributed by atoms with Crippen molar-refractivity contribution in [2.75, 3.05) is 0 Å². The molecule has 1 unspecified atom stereocenters. The molecule has 5 aliphatic rings. The Balaban J connectivity index is 1.46. The largest absolute Gasteiger partial charge is 0.393 e. The van der Waals surface area contributed by atoms with Crippen LogP contribution in [0.25, 0.3) is 0 Å². The monoisotopic (exact) mass is 339 g/mol. The van der Waals surface area contributed by atoms with E-state index >= 15 is 0 Å². The summed E-state index contributed by atoms with van der Waals surface area (Å²) in [6.07, 6.45) is 16.1. The van der Waals surface area contributed by atoms with Gasteiger partial charge < -0.3 is 5.11 Å². The summed E-state index contributed by atoms with van der Waals surface area (Å²) in [6, 6.07) is 2.57. The average molecular weight is 340 g/mol. The lowest BCUT2D eigenvalue weighted by Gasteiger charge is -2.62. The van der Waals surface area contributed by atoms with E-state index in [4.69, 9.17) is 0 Å². The molecular formula is C23H33NO. The molecule has 0 saturated heterocycles. The van der Waals surface area contributed by atoms with Crippen molar-refractivity contribution in [2.45, 2.75) is 83.7 Å². The highest BCUT2D eigenvalue weighted by Crippen LogP contribution is 2.70. The fourth-order valence-electron chi connectivity index (χ4n) is 8.76. The molecule has 0 aliphatic heterocycles. The fourth-order valence-corrected chi connectivity index (χ4v) is 8.76. The van der Waals surface area contributed by atoms with Gasteiger partial charge in [0.15, 0.2) is 0 Å². The highest BCUT2D eigenvalue weighted by atomic mass is 16.3. The Morgan fingerprint density at radius 2 is 1.92 bits per heavy atom. The molecule has 5 aliphatic carbocycles. The molecule has 0 amide bonds. The number of fused-ring (bicyclic) bond motifs is 4. The van der Waals surface area contributed by atoms with E-state index in [1.807, 2.05) is 0 Å². The van der Waals surface area contributed by atoms with Gasteiger partial charge in [-0.2, -0.15) is 5.26 Å².